The van der Waals surface area contributed by atoms with Gasteiger partial charge in [-0.25, -0.2) is 5.43 Å². The van der Waals surface area contributed by atoms with Crippen LogP contribution in [0.1, 0.15) is 36.5 Å². The molecule has 1 N–H and O–H groups in total. The second kappa shape index (κ2) is 8.69. The molecule has 0 radical (unpaired) electrons. The molecule has 0 aromatic heterocycles. The van der Waals surface area contributed by atoms with Gasteiger partial charge in [0.15, 0.2) is 6.61 Å². The number of amides is 2. The van der Waals surface area contributed by atoms with E-state index >= 15 is 0 Å². The Labute approximate surface area is 165 Å². The minimum absolute atomic E-state index is 0.102. The normalized spacial score (nSPS) is 14.3. The predicted octanol–water partition coefficient (Wildman–Crippen LogP) is 3.35. The number of nitrogens with zero attached hydrogens (tertiary/aromatic N) is 2. The first-order valence-corrected chi connectivity index (χ1v) is 9.38. The standard InChI is InChI=1S/C22H25N3O3/c1-15-6-11-20(13-16(15)2)28-14-21(26)24-23-17(3)18-7-9-19(10-8-18)25-12-4-5-22(25)27/h6-11,13H,4-5,12,14H2,1-3H3,(H,24,26)/b23-17-. The highest BCUT2D eigenvalue weighted by atomic mass is 16.5. The molecular formula is C22H25N3O3. The summed E-state index contributed by atoms with van der Waals surface area (Å²) in [5, 5.41) is 4.14. The predicted molar refractivity (Wildman–Crippen MR) is 110 cm³/mol. The minimum atomic E-state index is -0.322. The van der Waals surface area contributed by atoms with Gasteiger partial charge >= 0.3 is 0 Å². The van der Waals surface area contributed by atoms with Crippen LogP contribution in [0.25, 0.3) is 0 Å². The van der Waals surface area contributed by atoms with Crippen molar-refractivity contribution >= 4 is 23.2 Å². The number of carbonyl (C=O) groups excluding carboxylic acids is 2. The van der Waals surface area contributed by atoms with Gasteiger partial charge in [0.2, 0.25) is 5.91 Å². The van der Waals surface area contributed by atoms with Crippen LogP contribution in [0.4, 0.5) is 5.69 Å². The molecule has 6 heteroatoms. The Balaban J connectivity index is 1.53. The molecule has 0 spiro atoms. The van der Waals surface area contributed by atoms with Crippen molar-refractivity contribution < 1.29 is 14.3 Å². The third-order valence-corrected chi connectivity index (χ3v) is 4.87. The molecule has 2 aromatic carbocycles. The molecule has 1 heterocycles. The van der Waals surface area contributed by atoms with Gasteiger partial charge in [0, 0.05) is 18.7 Å². The largest absolute Gasteiger partial charge is 0.484 e. The summed E-state index contributed by atoms with van der Waals surface area (Å²) in [6.45, 7) is 6.51. The quantitative estimate of drug-likeness (QED) is 0.618. The fourth-order valence-electron chi connectivity index (χ4n) is 3.00. The number of aryl methyl sites for hydroxylation is 2. The molecule has 0 atom stereocenters. The lowest BCUT2D eigenvalue weighted by atomic mass is 10.1. The van der Waals surface area contributed by atoms with Crippen molar-refractivity contribution in [1.82, 2.24) is 5.43 Å². The second-order valence-electron chi connectivity index (χ2n) is 6.96. The Morgan fingerprint density at radius 2 is 1.89 bits per heavy atom. The first-order chi connectivity index (χ1) is 13.4. The number of carbonyl (C=O) groups is 2. The van der Waals surface area contributed by atoms with Gasteiger partial charge in [-0.05, 0) is 68.1 Å². The van der Waals surface area contributed by atoms with E-state index in [9.17, 15) is 9.59 Å². The Morgan fingerprint density at radius 3 is 2.54 bits per heavy atom. The van der Waals surface area contributed by atoms with Crippen molar-refractivity contribution in [3.8, 4) is 5.75 Å². The molecule has 3 rings (SSSR count). The number of anilines is 1. The van der Waals surface area contributed by atoms with Gasteiger partial charge in [0.1, 0.15) is 5.75 Å². The summed E-state index contributed by atoms with van der Waals surface area (Å²) in [4.78, 5) is 25.6. The third-order valence-electron chi connectivity index (χ3n) is 4.87. The van der Waals surface area contributed by atoms with Gasteiger partial charge < -0.3 is 9.64 Å². The van der Waals surface area contributed by atoms with Crippen LogP contribution in [0.15, 0.2) is 47.6 Å². The number of nitrogens with one attached hydrogen (secondary N) is 1. The zero-order valence-corrected chi connectivity index (χ0v) is 16.5. The molecule has 0 unspecified atom stereocenters. The topological polar surface area (TPSA) is 71.0 Å². The van der Waals surface area contributed by atoms with Gasteiger partial charge in [-0.2, -0.15) is 5.10 Å². The molecule has 146 valence electrons. The fourth-order valence-corrected chi connectivity index (χ4v) is 3.00. The van der Waals surface area contributed by atoms with Crippen LogP contribution in [0.3, 0.4) is 0 Å². The van der Waals surface area contributed by atoms with E-state index in [4.69, 9.17) is 4.74 Å². The number of hydrogen-bond donors (Lipinski definition) is 1. The molecule has 0 aliphatic carbocycles. The van der Waals surface area contributed by atoms with Crippen LogP contribution >= 0.6 is 0 Å². The molecule has 1 aliphatic heterocycles. The Bertz CT molecular complexity index is 904. The van der Waals surface area contributed by atoms with Gasteiger partial charge in [-0.1, -0.05) is 18.2 Å². The molecule has 1 aliphatic rings. The Kier molecular flexibility index (Phi) is 6.09. The van der Waals surface area contributed by atoms with Crippen molar-refractivity contribution in [2.45, 2.75) is 33.6 Å². The highest BCUT2D eigenvalue weighted by Gasteiger charge is 2.21. The van der Waals surface area contributed by atoms with Gasteiger partial charge in [0.05, 0.1) is 5.71 Å². The summed E-state index contributed by atoms with van der Waals surface area (Å²) in [5.74, 6) is 0.497. The SMILES string of the molecule is C/C(=N/NC(=O)COc1ccc(C)c(C)c1)c1ccc(N2CCCC2=O)cc1. The van der Waals surface area contributed by atoms with E-state index in [2.05, 4.69) is 10.5 Å². The zero-order chi connectivity index (χ0) is 20.1. The second-order valence-corrected chi connectivity index (χ2v) is 6.96. The van der Waals surface area contributed by atoms with E-state index < -0.39 is 0 Å². The van der Waals surface area contributed by atoms with Crippen molar-refractivity contribution in [1.29, 1.82) is 0 Å². The molecular weight excluding hydrogens is 354 g/mol. The van der Waals surface area contributed by atoms with Crippen molar-refractivity contribution in [2.75, 3.05) is 18.1 Å². The van der Waals surface area contributed by atoms with Crippen LogP contribution in [0, 0.1) is 13.8 Å². The number of ether oxygens (including phenoxy) is 1. The van der Waals surface area contributed by atoms with Gasteiger partial charge in [0.25, 0.3) is 5.91 Å². The average molecular weight is 379 g/mol. The average Bonchev–Trinajstić information content (AvgIpc) is 3.13. The van der Waals surface area contributed by atoms with E-state index in [0.29, 0.717) is 17.9 Å². The molecule has 28 heavy (non-hydrogen) atoms. The summed E-state index contributed by atoms with van der Waals surface area (Å²) in [5.41, 5.74) is 7.26. The zero-order valence-electron chi connectivity index (χ0n) is 16.5. The van der Waals surface area contributed by atoms with Crippen LogP contribution < -0.4 is 15.1 Å². The molecule has 2 aromatic rings. The summed E-state index contributed by atoms with van der Waals surface area (Å²) < 4.78 is 5.51. The van der Waals surface area contributed by atoms with E-state index in [0.717, 1.165) is 29.8 Å². The smallest absolute Gasteiger partial charge is 0.277 e. The highest BCUT2D eigenvalue weighted by Crippen LogP contribution is 2.21. The molecule has 0 bridgehead atoms. The van der Waals surface area contributed by atoms with Gasteiger partial charge in [-0.3, -0.25) is 9.59 Å². The fraction of sp³-hybridized carbons (Fsp3) is 0.318. The lowest BCUT2D eigenvalue weighted by Gasteiger charge is -2.15. The highest BCUT2D eigenvalue weighted by molar-refractivity contribution is 6.00. The van der Waals surface area contributed by atoms with Crippen molar-refractivity contribution in [2.24, 2.45) is 5.10 Å². The van der Waals surface area contributed by atoms with Gasteiger partial charge in [-0.15, -0.1) is 0 Å². The van der Waals surface area contributed by atoms with Crippen LogP contribution in [0.5, 0.6) is 5.75 Å². The van der Waals surface area contributed by atoms with Crippen LogP contribution in [0.2, 0.25) is 0 Å². The van der Waals surface area contributed by atoms with E-state index in [-0.39, 0.29) is 18.4 Å². The molecule has 0 saturated carbocycles. The number of hydrogen-bond acceptors (Lipinski definition) is 4. The number of benzene rings is 2. The molecule has 1 fully saturated rings. The first kappa shape index (κ1) is 19.6. The maximum Gasteiger partial charge on any atom is 0.277 e. The molecule has 6 nitrogen and oxygen atoms in total. The van der Waals surface area contributed by atoms with Crippen LogP contribution in [-0.2, 0) is 9.59 Å². The maximum atomic E-state index is 12.0. The summed E-state index contributed by atoms with van der Waals surface area (Å²) >= 11 is 0. The van der Waals surface area contributed by atoms with Crippen molar-refractivity contribution in [3.05, 3.63) is 59.2 Å². The van der Waals surface area contributed by atoms with E-state index in [1.165, 1.54) is 5.56 Å². The summed E-state index contributed by atoms with van der Waals surface area (Å²) in [6.07, 6.45) is 1.51. The Hall–Kier alpha value is -3.15. The monoisotopic (exact) mass is 379 g/mol. The van der Waals surface area contributed by atoms with E-state index in [1.807, 2.05) is 63.2 Å². The number of rotatable bonds is 6. The van der Waals surface area contributed by atoms with Crippen molar-refractivity contribution in [3.63, 3.8) is 0 Å². The minimum Gasteiger partial charge on any atom is -0.484 e. The first-order valence-electron chi connectivity index (χ1n) is 9.38. The lowest BCUT2D eigenvalue weighted by Crippen LogP contribution is -2.25. The lowest BCUT2D eigenvalue weighted by molar-refractivity contribution is -0.123. The van der Waals surface area contributed by atoms with E-state index in [1.54, 1.807) is 4.90 Å². The maximum absolute atomic E-state index is 12.0. The third kappa shape index (κ3) is 4.76. The van der Waals surface area contributed by atoms with Crippen LogP contribution in [-0.4, -0.2) is 30.7 Å². The number of hydrazone groups is 1. The Morgan fingerprint density at radius 1 is 1.14 bits per heavy atom. The molecule has 2 amide bonds. The summed E-state index contributed by atoms with van der Waals surface area (Å²) in [7, 11) is 0. The summed E-state index contributed by atoms with van der Waals surface area (Å²) in [6, 6.07) is 13.3. The molecule has 1 saturated heterocycles.